The van der Waals surface area contributed by atoms with Gasteiger partial charge in [0.05, 0.1) is 14.2 Å². The van der Waals surface area contributed by atoms with Gasteiger partial charge >= 0.3 is 0 Å². The molecule has 6 nitrogen and oxygen atoms in total. The van der Waals surface area contributed by atoms with E-state index in [1.165, 1.54) is 6.92 Å². The van der Waals surface area contributed by atoms with Gasteiger partial charge in [-0.25, -0.2) is 0 Å². The summed E-state index contributed by atoms with van der Waals surface area (Å²) in [5.74, 6) is 1.76. The third-order valence-corrected chi connectivity index (χ3v) is 4.74. The third kappa shape index (κ3) is 3.86. The van der Waals surface area contributed by atoms with Gasteiger partial charge in [0, 0.05) is 5.69 Å². The highest BCUT2D eigenvalue weighted by atomic mass is 16.5. The predicted octanol–water partition coefficient (Wildman–Crippen LogP) is 3.40. The molecule has 0 unspecified atom stereocenters. The summed E-state index contributed by atoms with van der Waals surface area (Å²) in [6.07, 6.45) is 1.08. The summed E-state index contributed by atoms with van der Waals surface area (Å²) in [6.45, 7) is 3.24. The summed E-state index contributed by atoms with van der Waals surface area (Å²) in [5, 5.41) is 0. The van der Waals surface area contributed by atoms with E-state index < -0.39 is 6.10 Å². The van der Waals surface area contributed by atoms with Crippen LogP contribution in [0.2, 0.25) is 0 Å². The van der Waals surface area contributed by atoms with E-state index in [2.05, 4.69) is 0 Å². The smallest absolute Gasteiger partial charge is 0.271 e. The average molecular weight is 381 g/mol. The van der Waals surface area contributed by atoms with Gasteiger partial charge in [-0.15, -0.1) is 0 Å². The average Bonchev–Trinajstić information content (AvgIpc) is 2.72. The lowest BCUT2D eigenvalue weighted by Crippen LogP contribution is -2.66. The Morgan fingerprint density at radius 2 is 1.39 bits per heavy atom. The van der Waals surface area contributed by atoms with Crippen molar-refractivity contribution in [3.63, 3.8) is 0 Å². The molecule has 146 valence electrons. The van der Waals surface area contributed by atoms with Gasteiger partial charge in [-0.1, -0.05) is 6.08 Å². The number of benzene rings is 2. The molecule has 1 aliphatic rings. The first kappa shape index (κ1) is 19.5. The monoisotopic (exact) mass is 381 g/mol. The predicted molar refractivity (Wildman–Crippen MR) is 106 cm³/mol. The topological polar surface area (TPSA) is 65.1 Å². The lowest BCUT2D eigenvalue weighted by atomic mass is 9.93. The second-order valence-electron chi connectivity index (χ2n) is 6.52. The number of rotatable bonds is 7. The zero-order valence-electron chi connectivity index (χ0n) is 16.3. The second kappa shape index (κ2) is 8.17. The van der Waals surface area contributed by atoms with Gasteiger partial charge < -0.3 is 14.2 Å². The molecule has 1 amide bonds. The van der Waals surface area contributed by atoms with Crippen LogP contribution in [0.15, 0.2) is 60.2 Å². The Labute approximate surface area is 164 Å². The van der Waals surface area contributed by atoms with Crippen LogP contribution in [0.25, 0.3) is 0 Å². The Hall–Kier alpha value is -3.28. The minimum atomic E-state index is -0.704. The van der Waals surface area contributed by atoms with Crippen LogP contribution in [0, 0.1) is 0 Å². The molecule has 1 heterocycles. The Morgan fingerprint density at radius 3 is 1.89 bits per heavy atom. The van der Waals surface area contributed by atoms with Crippen LogP contribution < -0.4 is 19.1 Å². The fraction of sp³-hybridized carbons (Fsp3) is 0.273. The summed E-state index contributed by atoms with van der Waals surface area (Å²) in [4.78, 5) is 26.2. The molecule has 1 fully saturated rings. The number of nitrogens with zero attached hydrogens (tertiary/aromatic N) is 1. The summed E-state index contributed by atoms with van der Waals surface area (Å²) in [7, 11) is 3.17. The number of carbonyl (C=O) groups is 2. The molecule has 2 aromatic rings. The third-order valence-electron chi connectivity index (χ3n) is 4.74. The number of allylic oxidation sites excluding steroid dienone is 1. The first-order valence-electron chi connectivity index (χ1n) is 8.91. The molecule has 2 aromatic carbocycles. The van der Waals surface area contributed by atoms with Crippen LogP contribution in [0.3, 0.4) is 0 Å². The first-order chi connectivity index (χ1) is 13.4. The molecular weight excluding hydrogens is 358 g/mol. The number of ether oxygens (including phenoxy) is 3. The van der Waals surface area contributed by atoms with E-state index >= 15 is 0 Å². The number of amides is 1. The quantitative estimate of drug-likeness (QED) is 0.543. The second-order valence-corrected chi connectivity index (χ2v) is 6.52. The van der Waals surface area contributed by atoms with Gasteiger partial charge in [-0.3, -0.25) is 14.5 Å². The van der Waals surface area contributed by atoms with Crippen molar-refractivity contribution >= 4 is 17.4 Å². The number of anilines is 1. The van der Waals surface area contributed by atoms with Crippen LogP contribution in [-0.4, -0.2) is 38.1 Å². The van der Waals surface area contributed by atoms with E-state index in [1.807, 2.05) is 12.1 Å². The van der Waals surface area contributed by atoms with E-state index in [-0.39, 0.29) is 17.7 Å². The minimum Gasteiger partial charge on any atom is -0.497 e. The van der Waals surface area contributed by atoms with Gasteiger partial charge in [-0.05, 0) is 68.0 Å². The first-order valence-corrected chi connectivity index (χ1v) is 8.91. The van der Waals surface area contributed by atoms with Crippen molar-refractivity contribution in [3.05, 3.63) is 60.2 Å². The van der Waals surface area contributed by atoms with Gasteiger partial charge in [0.1, 0.15) is 23.3 Å². The fourth-order valence-electron chi connectivity index (χ4n) is 2.98. The molecule has 0 N–H and O–H groups in total. The standard InChI is InChI=1S/C22H23NO5/c1-14(15(2)24)13-20-21(28-19-11-9-18(27-4)10-12-19)22(25)23(20)16-5-7-17(26-3)8-6-16/h5-13,20-21H,1-4H3/b14-13-/t20-,21+/m0/s1. The number of hydrogen-bond donors (Lipinski definition) is 0. The molecule has 0 radical (unpaired) electrons. The largest absolute Gasteiger partial charge is 0.497 e. The molecule has 1 saturated heterocycles. The summed E-state index contributed by atoms with van der Waals surface area (Å²) in [6, 6.07) is 13.9. The van der Waals surface area contributed by atoms with Gasteiger partial charge in [0.25, 0.3) is 5.91 Å². The molecule has 0 saturated carbocycles. The Morgan fingerprint density at radius 1 is 0.893 bits per heavy atom. The van der Waals surface area contributed by atoms with Crippen molar-refractivity contribution < 1.29 is 23.8 Å². The highest BCUT2D eigenvalue weighted by Gasteiger charge is 2.49. The highest BCUT2D eigenvalue weighted by molar-refractivity contribution is 6.06. The molecule has 0 bridgehead atoms. The van der Waals surface area contributed by atoms with Crippen molar-refractivity contribution in [1.82, 2.24) is 0 Å². The maximum absolute atomic E-state index is 12.8. The number of Topliss-reactive ketones (excluding diaryl/α,β-unsaturated/α-hetero) is 1. The van der Waals surface area contributed by atoms with E-state index in [9.17, 15) is 9.59 Å². The van der Waals surface area contributed by atoms with Crippen molar-refractivity contribution in [2.24, 2.45) is 0 Å². The zero-order chi connectivity index (χ0) is 20.3. The number of hydrogen-bond acceptors (Lipinski definition) is 5. The van der Waals surface area contributed by atoms with Crippen LogP contribution in [0.5, 0.6) is 17.2 Å². The molecule has 6 heteroatoms. The minimum absolute atomic E-state index is 0.0442. The summed E-state index contributed by atoms with van der Waals surface area (Å²) < 4.78 is 16.2. The molecule has 0 spiro atoms. The molecule has 1 aliphatic heterocycles. The van der Waals surface area contributed by atoms with E-state index in [4.69, 9.17) is 14.2 Å². The van der Waals surface area contributed by atoms with E-state index in [0.29, 0.717) is 22.8 Å². The molecule has 0 aliphatic carbocycles. The molecule has 2 atom stereocenters. The summed E-state index contributed by atoms with van der Waals surface area (Å²) >= 11 is 0. The van der Waals surface area contributed by atoms with Crippen molar-refractivity contribution in [3.8, 4) is 17.2 Å². The molecular formula is C22H23NO5. The lowest BCUT2D eigenvalue weighted by Gasteiger charge is -2.45. The van der Waals surface area contributed by atoms with Crippen LogP contribution in [-0.2, 0) is 9.59 Å². The Balaban J connectivity index is 1.87. The lowest BCUT2D eigenvalue weighted by molar-refractivity contribution is -0.133. The van der Waals surface area contributed by atoms with E-state index in [0.717, 1.165) is 5.69 Å². The maximum atomic E-state index is 12.8. The SMILES string of the molecule is COc1ccc(O[C@H]2C(=O)N(c3ccc(OC)cc3)[C@H]2/C=C(/C)C(C)=O)cc1. The molecule has 3 rings (SSSR count). The van der Waals surface area contributed by atoms with Gasteiger partial charge in [-0.2, -0.15) is 0 Å². The maximum Gasteiger partial charge on any atom is 0.271 e. The summed E-state index contributed by atoms with van der Waals surface area (Å²) in [5.41, 5.74) is 1.30. The van der Waals surface area contributed by atoms with Crippen LogP contribution >= 0.6 is 0 Å². The van der Waals surface area contributed by atoms with Gasteiger partial charge in [0.15, 0.2) is 5.78 Å². The van der Waals surface area contributed by atoms with E-state index in [1.54, 1.807) is 68.5 Å². The Kier molecular flexibility index (Phi) is 5.68. The normalized spacial score (nSPS) is 19.1. The fourth-order valence-corrected chi connectivity index (χ4v) is 2.98. The van der Waals surface area contributed by atoms with Crippen molar-refractivity contribution in [1.29, 1.82) is 0 Å². The number of methoxy groups -OCH3 is 2. The highest BCUT2D eigenvalue weighted by Crippen LogP contribution is 2.34. The van der Waals surface area contributed by atoms with Crippen molar-refractivity contribution in [2.75, 3.05) is 19.1 Å². The van der Waals surface area contributed by atoms with Crippen LogP contribution in [0.1, 0.15) is 13.8 Å². The zero-order valence-corrected chi connectivity index (χ0v) is 16.3. The van der Waals surface area contributed by atoms with Crippen LogP contribution in [0.4, 0.5) is 5.69 Å². The number of carbonyl (C=O) groups excluding carboxylic acids is 2. The molecule has 28 heavy (non-hydrogen) atoms. The molecule has 0 aromatic heterocycles. The van der Waals surface area contributed by atoms with Crippen molar-refractivity contribution in [2.45, 2.75) is 26.0 Å². The van der Waals surface area contributed by atoms with Gasteiger partial charge in [0.2, 0.25) is 6.10 Å². The Bertz CT molecular complexity index is 886. The number of ketones is 1. The number of β-lactam (4-membered cyclic amide) rings is 1.